The predicted octanol–water partition coefficient (Wildman–Crippen LogP) is 3.45. The van der Waals surface area contributed by atoms with E-state index in [2.05, 4.69) is 10.1 Å². The van der Waals surface area contributed by atoms with Crippen molar-refractivity contribution in [2.75, 3.05) is 24.6 Å². The number of hydrogen-bond acceptors (Lipinski definition) is 5. The molecule has 0 spiro atoms. The first-order valence-corrected chi connectivity index (χ1v) is 7.81. The summed E-state index contributed by atoms with van der Waals surface area (Å²) >= 11 is 0. The number of benzene rings is 2. The Bertz CT molecular complexity index is 805. The van der Waals surface area contributed by atoms with Crippen LogP contribution in [-0.4, -0.2) is 29.8 Å². The molecule has 5 nitrogen and oxygen atoms in total. The molecule has 0 bridgehead atoms. The molecule has 1 atom stereocenters. The van der Waals surface area contributed by atoms with E-state index in [0.717, 1.165) is 11.1 Å². The van der Waals surface area contributed by atoms with E-state index in [1.165, 1.54) is 12.1 Å². The molecule has 122 valence electrons. The second-order valence-electron chi connectivity index (χ2n) is 5.62. The molecule has 0 saturated carbocycles. The number of nitrogens with zero attached hydrogens (tertiary/aromatic N) is 3. The van der Waals surface area contributed by atoms with Crippen molar-refractivity contribution in [3.63, 3.8) is 0 Å². The van der Waals surface area contributed by atoms with E-state index in [0.29, 0.717) is 31.5 Å². The molecule has 0 aliphatic carbocycles. The van der Waals surface area contributed by atoms with Crippen LogP contribution in [0, 0.1) is 5.82 Å². The molecule has 1 aliphatic heterocycles. The average molecular weight is 325 g/mol. The molecule has 3 aromatic rings. The van der Waals surface area contributed by atoms with Gasteiger partial charge in [0.1, 0.15) is 11.9 Å². The smallest absolute Gasteiger partial charge is 0.266 e. The zero-order valence-electron chi connectivity index (χ0n) is 12.9. The Morgan fingerprint density at radius 3 is 2.62 bits per heavy atom. The molecule has 2 heterocycles. The van der Waals surface area contributed by atoms with Gasteiger partial charge in [-0.3, -0.25) is 0 Å². The van der Waals surface area contributed by atoms with E-state index < -0.39 is 0 Å². The minimum atomic E-state index is -0.253. The van der Waals surface area contributed by atoms with Gasteiger partial charge in [0, 0.05) is 12.1 Å². The van der Waals surface area contributed by atoms with Crippen molar-refractivity contribution < 1.29 is 13.7 Å². The molecule has 0 N–H and O–H groups in total. The summed E-state index contributed by atoms with van der Waals surface area (Å²) in [5.41, 5.74) is 1.83. The highest BCUT2D eigenvalue weighted by Crippen LogP contribution is 2.26. The Kier molecular flexibility index (Phi) is 3.96. The summed E-state index contributed by atoms with van der Waals surface area (Å²) in [4.78, 5) is 6.50. The lowest BCUT2D eigenvalue weighted by molar-refractivity contribution is 0.0390. The number of morpholine rings is 1. The largest absolute Gasteiger partial charge is 0.370 e. The molecule has 1 saturated heterocycles. The van der Waals surface area contributed by atoms with Gasteiger partial charge in [0.2, 0.25) is 0 Å². The summed E-state index contributed by atoms with van der Waals surface area (Å²) < 4.78 is 24.2. The van der Waals surface area contributed by atoms with Crippen molar-refractivity contribution >= 4 is 5.95 Å². The fourth-order valence-corrected chi connectivity index (χ4v) is 2.75. The summed E-state index contributed by atoms with van der Waals surface area (Å²) in [7, 11) is 0. The number of halogens is 1. The summed E-state index contributed by atoms with van der Waals surface area (Å²) in [5, 5.41) is 4.08. The van der Waals surface area contributed by atoms with Gasteiger partial charge in [-0.15, -0.1) is 0 Å². The first kappa shape index (κ1) is 14.8. The topological polar surface area (TPSA) is 51.4 Å². The first-order chi connectivity index (χ1) is 11.8. The van der Waals surface area contributed by atoms with Crippen molar-refractivity contribution in [1.29, 1.82) is 0 Å². The van der Waals surface area contributed by atoms with Gasteiger partial charge in [0.25, 0.3) is 11.8 Å². The summed E-state index contributed by atoms with van der Waals surface area (Å²) in [5.74, 6) is 0.789. The van der Waals surface area contributed by atoms with E-state index in [4.69, 9.17) is 9.26 Å². The Morgan fingerprint density at radius 1 is 1.04 bits per heavy atom. The van der Waals surface area contributed by atoms with Crippen LogP contribution in [0.1, 0.15) is 11.7 Å². The number of anilines is 1. The highest BCUT2D eigenvalue weighted by Gasteiger charge is 2.25. The van der Waals surface area contributed by atoms with Gasteiger partial charge < -0.3 is 14.2 Å². The molecule has 24 heavy (non-hydrogen) atoms. The lowest BCUT2D eigenvalue weighted by atomic mass is 10.1. The number of ether oxygens (including phenoxy) is 1. The summed E-state index contributed by atoms with van der Waals surface area (Å²) in [6.45, 7) is 1.84. The molecule has 1 aromatic heterocycles. The van der Waals surface area contributed by atoms with Crippen molar-refractivity contribution in [3.05, 3.63) is 66.0 Å². The van der Waals surface area contributed by atoms with Gasteiger partial charge in [0.15, 0.2) is 0 Å². The minimum Gasteiger partial charge on any atom is -0.370 e. The van der Waals surface area contributed by atoms with Gasteiger partial charge >= 0.3 is 0 Å². The van der Waals surface area contributed by atoms with Crippen LogP contribution in [0.2, 0.25) is 0 Å². The standard InChI is InChI=1S/C18H16FN3O2/c19-15-8-6-13(7-9-15)16-12-22(10-11-23-16)18-20-17(24-21-18)14-4-2-1-3-5-14/h1-9,16H,10-12H2/t16-/m1/s1. The van der Waals surface area contributed by atoms with E-state index >= 15 is 0 Å². The molecule has 1 aliphatic rings. The van der Waals surface area contributed by atoms with Crippen molar-refractivity contribution in [3.8, 4) is 11.5 Å². The third kappa shape index (κ3) is 3.00. The summed E-state index contributed by atoms with van der Waals surface area (Å²) in [6.07, 6.45) is -0.141. The normalized spacial score (nSPS) is 17.9. The van der Waals surface area contributed by atoms with Gasteiger partial charge in [-0.2, -0.15) is 4.98 Å². The van der Waals surface area contributed by atoms with E-state index in [1.807, 2.05) is 35.2 Å². The van der Waals surface area contributed by atoms with Gasteiger partial charge in [0.05, 0.1) is 13.2 Å². The number of aromatic nitrogens is 2. The monoisotopic (exact) mass is 325 g/mol. The Hall–Kier alpha value is -2.73. The zero-order chi connectivity index (χ0) is 16.4. The third-order valence-corrected chi connectivity index (χ3v) is 4.03. The fourth-order valence-electron chi connectivity index (χ4n) is 2.75. The second-order valence-corrected chi connectivity index (χ2v) is 5.62. The maximum atomic E-state index is 13.1. The zero-order valence-corrected chi connectivity index (χ0v) is 12.9. The third-order valence-electron chi connectivity index (χ3n) is 4.03. The van der Waals surface area contributed by atoms with E-state index in [9.17, 15) is 4.39 Å². The van der Waals surface area contributed by atoms with Crippen LogP contribution in [-0.2, 0) is 4.74 Å². The lowest BCUT2D eigenvalue weighted by Gasteiger charge is -2.32. The van der Waals surface area contributed by atoms with Crippen molar-refractivity contribution in [1.82, 2.24) is 10.1 Å². The van der Waals surface area contributed by atoms with E-state index in [1.54, 1.807) is 12.1 Å². The Balaban J connectivity index is 1.52. The maximum absolute atomic E-state index is 13.1. The number of hydrogen-bond donors (Lipinski definition) is 0. The fraction of sp³-hybridized carbons (Fsp3) is 0.222. The van der Waals surface area contributed by atoms with Crippen LogP contribution in [0.3, 0.4) is 0 Å². The Labute approximate surface area is 138 Å². The molecule has 0 radical (unpaired) electrons. The van der Waals surface area contributed by atoms with Crippen LogP contribution >= 0.6 is 0 Å². The first-order valence-electron chi connectivity index (χ1n) is 7.81. The van der Waals surface area contributed by atoms with Gasteiger partial charge in [-0.1, -0.05) is 30.3 Å². The highest BCUT2D eigenvalue weighted by molar-refractivity contribution is 5.54. The van der Waals surface area contributed by atoms with Gasteiger partial charge in [-0.25, -0.2) is 4.39 Å². The molecular formula is C18H16FN3O2. The lowest BCUT2D eigenvalue weighted by Crippen LogP contribution is -2.39. The molecular weight excluding hydrogens is 309 g/mol. The molecule has 0 unspecified atom stereocenters. The second kappa shape index (κ2) is 6.41. The maximum Gasteiger partial charge on any atom is 0.266 e. The summed E-state index contributed by atoms with van der Waals surface area (Å²) in [6, 6.07) is 16.0. The molecule has 2 aromatic carbocycles. The van der Waals surface area contributed by atoms with Crippen LogP contribution in [0.4, 0.5) is 10.3 Å². The van der Waals surface area contributed by atoms with Crippen LogP contribution < -0.4 is 4.90 Å². The van der Waals surface area contributed by atoms with E-state index in [-0.39, 0.29) is 11.9 Å². The van der Waals surface area contributed by atoms with Crippen LogP contribution in [0.15, 0.2) is 59.1 Å². The molecule has 0 amide bonds. The Morgan fingerprint density at radius 2 is 1.83 bits per heavy atom. The van der Waals surface area contributed by atoms with Crippen molar-refractivity contribution in [2.45, 2.75) is 6.10 Å². The number of rotatable bonds is 3. The molecule has 1 fully saturated rings. The average Bonchev–Trinajstić information content (AvgIpc) is 3.13. The van der Waals surface area contributed by atoms with Gasteiger partial charge in [-0.05, 0) is 35.0 Å². The molecule has 4 rings (SSSR count). The van der Waals surface area contributed by atoms with Crippen LogP contribution in [0.5, 0.6) is 0 Å². The highest BCUT2D eigenvalue weighted by atomic mass is 19.1. The van der Waals surface area contributed by atoms with Crippen LogP contribution in [0.25, 0.3) is 11.5 Å². The van der Waals surface area contributed by atoms with Crippen molar-refractivity contribution in [2.24, 2.45) is 0 Å². The molecule has 6 heteroatoms. The SMILES string of the molecule is Fc1ccc([C@H]2CN(c3noc(-c4ccccc4)n3)CCO2)cc1. The quantitative estimate of drug-likeness (QED) is 0.738. The predicted molar refractivity (Wildman–Crippen MR) is 87.0 cm³/mol. The minimum absolute atomic E-state index is 0.141.